The number of hydrogen-bond acceptors (Lipinski definition) is 1. The van der Waals surface area contributed by atoms with Crippen molar-refractivity contribution in [3.05, 3.63) is 0 Å². The average Bonchev–Trinajstić information content (AvgIpc) is 2.85. The predicted octanol–water partition coefficient (Wildman–Crippen LogP) is 8.84. The first-order chi connectivity index (χ1) is 19.5. The molecule has 46 heavy (non-hydrogen) atoms. The van der Waals surface area contributed by atoms with Gasteiger partial charge in [-0.1, -0.05) is 0 Å². The van der Waals surface area contributed by atoms with Gasteiger partial charge in [0.25, 0.3) is 12.8 Å². The Labute approximate surface area is 230 Å². The lowest BCUT2D eigenvalue weighted by atomic mass is 9.83. The van der Waals surface area contributed by atoms with Gasteiger partial charge in [0.1, 0.15) is 0 Å². The molecular weight excluding hydrogens is 759 g/mol. The van der Waals surface area contributed by atoms with Crippen molar-refractivity contribution in [1.82, 2.24) is 0 Å². The zero-order valence-electron chi connectivity index (χ0n) is 19.7. The van der Waals surface area contributed by atoms with Gasteiger partial charge in [0.2, 0.25) is 6.17 Å². The molecule has 278 valence electrons. The normalized spacial score (nSPS) is 18.6. The SMILES string of the molecule is OC(F)C(F)(F)C(F)(F)C(F)(F)C(F)(F)C(F)(F)C(F)(F)C(F)(F)C(F)(F)C(F)(F)C(F)(F)C(F)(F)C(F)(F)C(F)C(F)C(F)F. The molecule has 0 aromatic rings. The molecule has 1 nitrogen and oxygen atoms in total. The van der Waals surface area contributed by atoms with E-state index in [9.17, 15) is 127 Å². The zero-order valence-corrected chi connectivity index (χ0v) is 19.7. The van der Waals surface area contributed by atoms with E-state index in [1.807, 2.05) is 0 Å². The maximum absolute atomic E-state index is 13.7. The summed E-state index contributed by atoms with van der Waals surface area (Å²) in [5.74, 6) is -111. The van der Waals surface area contributed by atoms with Gasteiger partial charge in [0.15, 0.2) is 6.17 Å². The number of aliphatic hydroxyl groups is 1. The number of rotatable bonds is 15. The van der Waals surface area contributed by atoms with Crippen molar-refractivity contribution in [3.8, 4) is 0 Å². The topological polar surface area (TPSA) is 20.2 Å². The van der Waals surface area contributed by atoms with Crippen LogP contribution in [0, 0.1) is 0 Å². The molecule has 0 spiro atoms. The molecule has 0 heterocycles. The van der Waals surface area contributed by atoms with Crippen molar-refractivity contribution >= 4 is 0 Å². The van der Waals surface area contributed by atoms with Crippen LogP contribution in [0.15, 0.2) is 0 Å². The molecule has 1 N–H and O–H groups in total. The summed E-state index contributed by atoms with van der Waals surface area (Å²) in [7, 11) is 0. The van der Waals surface area contributed by atoms with Crippen LogP contribution in [0.5, 0.6) is 0 Å². The lowest BCUT2D eigenvalue weighted by Gasteiger charge is -2.46. The highest BCUT2D eigenvalue weighted by molar-refractivity contribution is 5.20. The van der Waals surface area contributed by atoms with E-state index in [-0.39, 0.29) is 0 Å². The van der Waals surface area contributed by atoms with Crippen molar-refractivity contribution in [3.63, 3.8) is 0 Å². The standard InChI is InChI=1S/C16H5F29O/c17-1(3(19)20)2(18)5(22,23)7(26,27)9(30,31)11(34,35)13(38,39)15(42,43)16(44,45)14(40,41)12(36,37)10(32,33)8(28,29)6(24,25)4(21)46/h1-4,46H. The zero-order chi connectivity index (χ0) is 38.3. The molecule has 0 rings (SSSR count). The van der Waals surface area contributed by atoms with E-state index in [0.29, 0.717) is 0 Å². The molecule has 0 fully saturated rings. The Bertz CT molecular complexity index is 1070. The third kappa shape index (κ3) is 5.14. The van der Waals surface area contributed by atoms with Gasteiger partial charge in [-0.05, 0) is 0 Å². The van der Waals surface area contributed by atoms with Crippen molar-refractivity contribution in [1.29, 1.82) is 0 Å². The fraction of sp³-hybridized carbons (Fsp3) is 1.00. The van der Waals surface area contributed by atoms with Gasteiger partial charge in [-0.2, -0.15) is 105 Å². The summed E-state index contributed by atoms with van der Waals surface area (Å²) < 4.78 is 385. The molecule has 3 unspecified atom stereocenters. The molecule has 0 saturated carbocycles. The maximum atomic E-state index is 13.7. The minimum Gasteiger partial charge on any atom is -0.359 e. The van der Waals surface area contributed by atoms with Gasteiger partial charge in [-0.25, -0.2) is 22.0 Å². The molecule has 30 heteroatoms. The number of aliphatic hydroxyl groups excluding tert-OH is 1. The van der Waals surface area contributed by atoms with Gasteiger partial charge in [0.05, 0.1) is 0 Å². The van der Waals surface area contributed by atoms with E-state index in [2.05, 4.69) is 0 Å². The second-order valence-corrected chi connectivity index (χ2v) is 8.51. The molecule has 0 aromatic heterocycles. The van der Waals surface area contributed by atoms with Crippen molar-refractivity contribution in [2.24, 2.45) is 0 Å². The van der Waals surface area contributed by atoms with Crippen LogP contribution in [0.1, 0.15) is 0 Å². The lowest BCUT2D eigenvalue weighted by Crippen LogP contribution is -2.79. The molecule has 0 aliphatic rings. The van der Waals surface area contributed by atoms with Crippen LogP contribution in [0.2, 0.25) is 0 Å². The molecule has 0 aliphatic carbocycles. The van der Waals surface area contributed by atoms with Crippen LogP contribution in [0.3, 0.4) is 0 Å². The fourth-order valence-electron chi connectivity index (χ4n) is 2.65. The van der Waals surface area contributed by atoms with Crippen LogP contribution in [0.25, 0.3) is 0 Å². The Morgan fingerprint density at radius 1 is 0.283 bits per heavy atom. The van der Waals surface area contributed by atoms with Crippen LogP contribution < -0.4 is 0 Å². The Kier molecular flexibility index (Phi) is 10.7. The Hall–Kier alpha value is -2.07. The summed E-state index contributed by atoms with van der Waals surface area (Å²) in [6, 6.07) is 0. The van der Waals surface area contributed by atoms with E-state index >= 15 is 0 Å². The largest absolute Gasteiger partial charge is 0.385 e. The first-order valence-corrected chi connectivity index (χ1v) is 9.88. The third-order valence-electron chi connectivity index (χ3n) is 5.55. The summed E-state index contributed by atoms with van der Waals surface area (Å²) in [6.45, 7) is 0. The van der Waals surface area contributed by atoms with Crippen LogP contribution in [-0.2, 0) is 0 Å². The van der Waals surface area contributed by atoms with Gasteiger partial charge >= 0.3 is 71.1 Å². The van der Waals surface area contributed by atoms with Gasteiger partial charge in [0, 0.05) is 0 Å². The summed E-state index contributed by atoms with van der Waals surface area (Å²) >= 11 is 0. The summed E-state index contributed by atoms with van der Waals surface area (Å²) in [6.07, 6.45) is -23.0. The van der Waals surface area contributed by atoms with E-state index in [4.69, 9.17) is 5.11 Å². The maximum Gasteiger partial charge on any atom is 0.385 e. The highest BCUT2D eigenvalue weighted by atomic mass is 19.4. The highest BCUT2D eigenvalue weighted by Crippen LogP contribution is 2.68. The van der Waals surface area contributed by atoms with E-state index in [0.717, 1.165) is 0 Å². The molecule has 3 atom stereocenters. The summed E-state index contributed by atoms with van der Waals surface area (Å²) in [4.78, 5) is 0. The van der Waals surface area contributed by atoms with Crippen LogP contribution in [-0.4, -0.2) is 101 Å². The highest BCUT2D eigenvalue weighted by Gasteiger charge is 2.99. The van der Waals surface area contributed by atoms with Crippen LogP contribution >= 0.6 is 0 Å². The number of halogens is 29. The summed E-state index contributed by atoms with van der Waals surface area (Å²) in [5.41, 5.74) is 0. The molecular formula is C16H5F29O. The third-order valence-corrected chi connectivity index (χ3v) is 5.55. The second-order valence-electron chi connectivity index (χ2n) is 8.51. The van der Waals surface area contributed by atoms with Crippen molar-refractivity contribution < 1.29 is 132 Å². The monoisotopic (exact) mass is 764 g/mol. The van der Waals surface area contributed by atoms with Gasteiger partial charge < -0.3 is 5.11 Å². The smallest absolute Gasteiger partial charge is 0.359 e. The van der Waals surface area contributed by atoms with Gasteiger partial charge in [-0.3, -0.25) is 0 Å². The number of alkyl halides is 29. The lowest BCUT2D eigenvalue weighted by molar-refractivity contribution is -0.481. The molecule has 0 amide bonds. The Morgan fingerprint density at radius 2 is 0.457 bits per heavy atom. The minimum absolute atomic E-state index is 5.32. The molecule has 0 aromatic carbocycles. The van der Waals surface area contributed by atoms with E-state index < -0.39 is 96.2 Å². The van der Waals surface area contributed by atoms with Crippen LogP contribution in [0.4, 0.5) is 127 Å². The average molecular weight is 764 g/mol. The predicted molar refractivity (Wildman–Crippen MR) is 82.3 cm³/mol. The Morgan fingerprint density at radius 3 is 0.630 bits per heavy atom. The summed E-state index contributed by atoms with van der Waals surface area (Å²) in [5, 5.41) is 7.64. The minimum atomic E-state index is -9.88. The Balaban J connectivity index is 7.45. The molecule has 0 saturated heterocycles. The fourth-order valence-corrected chi connectivity index (χ4v) is 2.65. The van der Waals surface area contributed by atoms with E-state index in [1.165, 1.54) is 0 Å². The van der Waals surface area contributed by atoms with E-state index in [1.54, 1.807) is 0 Å². The quantitative estimate of drug-likeness (QED) is 0.166. The van der Waals surface area contributed by atoms with Gasteiger partial charge in [-0.15, -0.1) is 0 Å². The number of hydrogen-bond donors (Lipinski definition) is 1. The molecule has 0 aliphatic heterocycles. The first kappa shape index (κ1) is 43.9. The molecule has 0 bridgehead atoms. The van der Waals surface area contributed by atoms with Crippen molar-refractivity contribution in [2.75, 3.05) is 0 Å². The van der Waals surface area contributed by atoms with Crippen molar-refractivity contribution in [2.45, 2.75) is 96.2 Å². The first-order valence-electron chi connectivity index (χ1n) is 9.88. The second kappa shape index (κ2) is 11.2. The molecule has 0 radical (unpaired) electrons.